The molecule has 19 heavy (non-hydrogen) atoms. The second-order valence-electron chi connectivity index (χ2n) is 4.89. The quantitative estimate of drug-likeness (QED) is 0.740. The average Bonchev–Trinajstić information content (AvgIpc) is 2.70. The van der Waals surface area contributed by atoms with Gasteiger partial charge in [0.05, 0.1) is 6.61 Å². The number of nitrogens with one attached hydrogen (secondary N) is 1. The van der Waals surface area contributed by atoms with Crippen LogP contribution in [-0.2, 0) is 17.8 Å². The van der Waals surface area contributed by atoms with Gasteiger partial charge in [-0.25, -0.2) is 0 Å². The highest BCUT2D eigenvalue weighted by Crippen LogP contribution is 2.14. The van der Waals surface area contributed by atoms with E-state index in [1.165, 1.54) is 0 Å². The van der Waals surface area contributed by atoms with Crippen LogP contribution in [0.2, 0.25) is 0 Å². The minimum absolute atomic E-state index is 0.0609. The zero-order valence-corrected chi connectivity index (χ0v) is 11.3. The van der Waals surface area contributed by atoms with Gasteiger partial charge in [-0.15, -0.1) is 0 Å². The summed E-state index contributed by atoms with van der Waals surface area (Å²) in [4.78, 5) is 0. The summed E-state index contributed by atoms with van der Waals surface area (Å²) in [6.45, 7) is 5.18. The molecule has 1 aromatic heterocycles. The molecule has 0 saturated carbocycles. The van der Waals surface area contributed by atoms with E-state index in [2.05, 4.69) is 23.9 Å². The smallest absolute Gasteiger partial charge is 0.370 e. The van der Waals surface area contributed by atoms with Gasteiger partial charge in [0, 0.05) is 25.0 Å². The molecule has 1 heterocycles. The van der Waals surface area contributed by atoms with Crippen molar-refractivity contribution in [1.82, 2.24) is 9.88 Å². The largest absolute Gasteiger partial charge is 0.411 e. The van der Waals surface area contributed by atoms with Crippen LogP contribution < -0.4 is 5.32 Å². The minimum atomic E-state index is -4.25. The van der Waals surface area contributed by atoms with Crippen LogP contribution in [0.3, 0.4) is 0 Å². The number of nitrogens with zero attached hydrogens (tertiary/aromatic N) is 1. The molecule has 6 heteroatoms. The van der Waals surface area contributed by atoms with Crippen LogP contribution in [0.1, 0.15) is 19.5 Å². The predicted molar refractivity (Wildman–Crippen MR) is 67.9 cm³/mol. The second-order valence-corrected chi connectivity index (χ2v) is 4.89. The molecule has 1 N–H and O–H groups in total. The van der Waals surface area contributed by atoms with Crippen molar-refractivity contribution >= 4 is 0 Å². The van der Waals surface area contributed by atoms with Crippen LogP contribution in [0.4, 0.5) is 13.2 Å². The Morgan fingerprint density at radius 1 is 1.37 bits per heavy atom. The van der Waals surface area contributed by atoms with Gasteiger partial charge in [0.25, 0.3) is 0 Å². The lowest BCUT2D eigenvalue weighted by atomic mass is 10.2. The van der Waals surface area contributed by atoms with Gasteiger partial charge in [0.1, 0.15) is 6.61 Å². The van der Waals surface area contributed by atoms with Crippen molar-refractivity contribution in [3.05, 3.63) is 24.0 Å². The van der Waals surface area contributed by atoms with Gasteiger partial charge in [-0.05, 0) is 24.6 Å². The van der Waals surface area contributed by atoms with Gasteiger partial charge in [-0.1, -0.05) is 13.8 Å². The lowest BCUT2D eigenvalue weighted by Gasteiger charge is -2.12. The van der Waals surface area contributed by atoms with Gasteiger partial charge in [0.2, 0.25) is 0 Å². The standard InChI is InChI=1S/C13H21F3N2O/c1-11(2)8-17-9-12-4-3-5-18(12)6-7-19-10-13(14,15)16/h3-5,11,17H,6-10H2,1-2H3. The fourth-order valence-corrected chi connectivity index (χ4v) is 1.67. The Morgan fingerprint density at radius 2 is 2.11 bits per heavy atom. The van der Waals surface area contributed by atoms with Crippen LogP contribution >= 0.6 is 0 Å². The number of hydrogen-bond donors (Lipinski definition) is 1. The van der Waals surface area contributed by atoms with Crippen molar-refractivity contribution < 1.29 is 17.9 Å². The Labute approximate surface area is 111 Å². The summed E-state index contributed by atoms with van der Waals surface area (Å²) in [5.41, 5.74) is 1.05. The van der Waals surface area contributed by atoms with Crippen molar-refractivity contribution in [3.8, 4) is 0 Å². The Kier molecular flexibility index (Phi) is 6.37. The maximum absolute atomic E-state index is 11.9. The number of alkyl halides is 3. The van der Waals surface area contributed by atoms with E-state index in [1.807, 2.05) is 22.9 Å². The average molecular weight is 278 g/mol. The number of aromatic nitrogens is 1. The molecule has 0 unspecified atom stereocenters. The molecule has 0 aliphatic rings. The first kappa shape index (κ1) is 16.0. The van der Waals surface area contributed by atoms with E-state index in [0.717, 1.165) is 12.2 Å². The number of ether oxygens (including phenoxy) is 1. The molecule has 110 valence electrons. The highest BCUT2D eigenvalue weighted by atomic mass is 19.4. The van der Waals surface area contributed by atoms with E-state index in [1.54, 1.807) is 0 Å². The van der Waals surface area contributed by atoms with Crippen molar-refractivity contribution in [1.29, 1.82) is 0 Å². The van der Waals surface area contributed by atoms with Crippen molar-refractivity contribution in [3.63, 3.8) is 0 Å². The Morgan fingerprint density at radius 3 is 2.74 bits per heavy atom. The lowest BCUT2D eigenvalue weighted by molar-refractivity contribution is -0.174. The molecule has 0 spiro atoms. The van der Waals surface area contributed by atoms with Crippen molar-refractivity contribution in [2.45, 2.75) is 33.1 Å². The molecule has 3 nitrogen and oxygen atoms in total. The summed E-state index contributed by atoms with van der Waals surface area (Å²) in [5, 5.41) is 3.30. The van der Waals surface area contributed by atoms with Gasteiger partial charge in [0.15, 0.2) is 0 Å². The summed E-state index contributed by atoms with van der Waals surface area (Å²) in [6.07, 6.45) is -2.40. The minimum Gasteiger partial charge on any atom is -0.370 e. The first-order valence-electron chi connectivity index (χ1n) is 6.37. The summed E-state index contributed by atoms with van der Waals surface area (Å²) in [6, 6.07) is 3.84. The molecule has 0 aliphatic carbocycles. The first-order chi connectivity index (χ1) is 8.88. The summed E-state index contributed by atoms with van der Waals surface area (Å²) in [5.74, 6) is 0.568. The van der Waals surface area contributed by atoms with Gasteiger partial charge < -0.3 is 14.6 Å². The molecule has 1 aromatic rings. The molecule has 0 radical (unpaired) electrons. The highest BCUT2D eigenvalue weighted by molar-refractivity contribution is 5.06. The maximum atomic E-state index is 11.9. The third kappa shape index (κ3) is 7.22. The topological polar surface area (TPSA) is 26.2 Å². The number of rotatable bonds is 8. The Hall–Kier alpha value is -1.01. The third-order valence-electron chi connectivity index (χ3n) is 2.52. The molecule has 0 saturated heterocycles. The molecule has 1 rings (SSSR count). The molecule has 0 fully saturated rings. The predicted octanol–water partition coefficient (Wildman–Crippen LogP) is 2.81. The SMILES string of the molecule is CC(C)CNCc1cccn1CCOCC(F)(F)F. The van der Waals surface area contributed by atoms with E-state index in [9.17, 15) is 13.2 Å². The fraction of sp³-hybridized carbons (Fsp3) is 0.692. The van der Waals surface area contributed by atoms with Crippen LogP contribution in [0.25, 0.3) is 0 Å². The van der Waals surface area contributed by atoms with Crippen LogP contribution in [0.5, 0.6) is 0 Å². The van der Waals surface area contributed by atoms with E-state index in [0.29, 0.717) is 19.0 Å². The normalized spacial score (nSPS) is 12.3. The zero-order valence-electron chi connectivity index (χ0n) is 11.3. The Bertz CT molecular complexity index is 361. The molecule has 0 aliphatic heterocycles. The van der Waals surface area contributed by atoms with E-state index in [4.69, 9.17) is 0 Å². The van der Waals surface area contributed by atoms with Crippen LogP contribution in [0, 0.1) is 5.92 Å². The molecule has 0 atom stereocenters. The van der Waals surface area contributed by atoms with Crippen LogP contribution in [-0.4, -0.2) is 30.5 Å². The molecule has 0 bridgehead atoms. The molecular formula is C13H21F3N2O. The molecule has 0 amide bonds. The van der Waals surface area contributed by atoms with Crippen LogP contribution in [0.15, 0.2) is 18.3 Å². The van der Waals surface area contributed by atoms with Gasteiger partial charge in [-0.2, -0.15) is 13.2 Å². The summed E-state index contributed by atoms with van der Waals surface area (Å²) >= 11 is 0. The third-order valence-corrected chi connectivity index (χ3v) is 2.52. The highest BCUT2D eigenvalue weighted by Gasteiger charge is 2.27. The fourth-order valence-electron chi connectivity index (χ4n) is 1.67. The zero-order chi connectivity index (χ0) is 14.3. The number of halogens is 3. The Balaban J connectivity index is 2.28. The second kappa shape index (κ2) is 7.55. The molecular weight excluding hydrogens is 257 g/mol. The van der Waals surface area contributed by atoms with Crippen molar-refractivity contribution in [2.75, 3.05) is 19.8 Å². The number of hydrogen-bond acceptors (Lipinski definition) is 2. The first-order valence-corrected chi connectivity index (χ1v) is 6.37. The van der Waals surface area contributed by atoms with Gasteiger partial charge >= 0.3 is 6.18 Å². The monoisotopic (exact) mass is 278 g/mol. The van der Waals surface area contributed by atoms with E-state index in [-0.39, 0.29) is 6.61 Å². The van der Waals surface area contributed by atoms with E-state index < -0.39 is 12.8 Å². The van der Waals surface area contributed by atoms with E-state index >= 15 is 0 Å². The maximum Gasteiger partial charge on any atom is 0.411 e. The summed E-state index contributed by atoms with van der Waals surface area (Å²) in [7, 11) is 0. The van der Waals surface area contributed by atoms with Gasteiger partial charge in [-0.3, -0.25) is 0 Å². The van der Waals surface area contributed by atoms with Crippen molar-refractivity contribution in [2.24, 2.45) is 5.92 Å². The lowest BCUT2D eigenvalue weighted by Crippen LogP contribution is -2.22. The molecule has 0 aromatic carbocycles. The summed E-state index contributed by atoms with van der Waals surface area (Å²) < 4.78 is 42.2.